The first-order chi connectivity index (χ1) is 10.2. The second-order valence-electron chi connectivity index (χ2n) is 5.28. The van der Waals surface area contributed by atoms with Crippen molar-refractivity contribution in [2.45, 2.75) is 51.4 Å². The minimum Gasteiger partial charge on any atom is -0.375 e. The van der Waals surface area contributed by atoms with Gasteiger partial charge in [0.25, 0.3) is 0 Å². The molecule has 0 fully saturated rings. The van der Waals surface area contributed by atoms with Crippen molar-refractivity contribution in [3.05, 3.63) is 48.0 Å². The molecule has 0 saturated heterocycles. The van der Waals surface area contributed by atoms with Gasteiger partial charge in [-0.1, -0.05) is 49.4 Å². The molecule has 3 heteroatoms. The minimum absolute atomic E-state index is 0.0442. The summed E-state index contributed by atoms with van der Waals surface area (Å²) in [4.78, 5) is 12.2. The number of hydrogen-bond donors (Lipinski definition) is 0. The molecule has 0 aromatic heterocycles. The summed E-state index contributed by atoms with van der Waals surface area (Å²) < 4.78 is 11.8. The van der Waals surface area contributed by atoms with Crippen LogP contribution in [0.25, 0.3) is 0 Å². The van der Waals surface area contributed by atoms with Gasteiger partial charge in [-0.2, -0.15) is 0 Å². The first-order valence-electron chi connectivity index (χ1n) is 7.76. The standard InChI is InChI=1S/C18H24O3/c1-3-17(20-4-2)18-12-8-11-15(21-18)13-16(19)14-9-6-5-7-10-14/h5-10,12,15,17-18H,3-4,11,13H2,1-2H3/t15-,17?,18+/m1/s1. The van der Waals surface area contributed by atoms with Crippen molar-refractivity contribution in [1.82, 2.24) is 0 Å². The van der Waals surface area contributed by atoms with Gasteiger partial charge in [0.1, 0.15) is 6.10 Å². The molecule has 0 aliphatic carbocycles. The average molecular weight is 288 g/mol. The largest absolute Gasteiger partial charge is 0.375 e. The van der Waals surface area contributed by atoms with Crippen molar-refractivity contribution in [2.75, 3.05) is 6.61 Å². The van der Waals surface area contributed by atoms with Gasteiger partial charge in [-0.15, -0.1) is 0 Å². The van der Waals surface area contributed by atoms with Crippen LogP contribution in [0.5, 0.6) is 0 Å². The highest BCUT2D eigenvalue weighted by Crippen LogP contribution is 2.22. The molecule has 1 aromatic carbocycles. The third-order valence-electron chi connectivity index (χ3n) is 3.73. The lowest BCUT2D eigenvalue weighted by molar-refractivity contribution is -0.0833. The predicted octanol–water partition coefficient (Wildman–Crippen LogP) is 3.79. The van der Waals surface area contributed by atoms with Crippen LogP contribution in [-0.4, -0.2) is 30.7 Å². The molecule has 3 atom stereocenters. The van der Waals surface area contributed by atoms with Crippen molar-refractivity contribution in [3.8, 4) is 0 Å². The van der Waals surface area contributed by atoms with Gasteiger partial charge in [-0.25, -0.2) is 0 Å². The second kappa shape index (κ2) is 8.11. The van der Waals surface area contributed by atoms with Crippen LogP contribution in [0.1, 0.15) is 43.5 Å². The van der Waals surface area contributed by atoms with Crippen LogP contribution in [0.4, 0.5) is 0 Å². The zero-order chi connectivity index (χ0) is 15.1. The molecule has 1 aromatic rings. The summed E-state index contributed by atoms with van der Waals surface area (Å²) in [6.07, 6.45) is 6.26. The number of carbonyl (C=O) groups excluding carboxylic acids is 1. The first-order valence-corrected chi connectivity index (χ1v) is 7.76. The van der Waals surface area contributed by atoms with Crippen molar-refractivity contribution < 1.29 is 14.3 Å². The van der Waals surface area contributed by atoms with Crippen LogP contribution in [0.15, 0.2) is 42.5 Å². The van der Waals surface area contributed by atoms with E-state index >= 15 is 0 Å². The fraction of sp³-hybridized carbons (Fsp3) is 0.500. The Morgan fingerprint density at radius 1 is 1.33 bits per heavy atom. The van der Waals surface area contributed by atoms with Gasteiger partial charge in [0.2, 0.25) is 0 Å². The Morgan fingerprint density at radius 2 is 2.10 bits per heavy atom. The van der Waals surface area contributed by atoms with E-state index in [-0.39, 0.29) is 24.1 Å². The van der Waals surface area contributed by atoms with Crippen LogP contribution in [0.3, 0.4) is 0 Å². The maximum atomic E-state index is 12.2. The Balaban J connectivity index is 1.93. The monoisotopic (exact) mass is 288 g/mol. The maximum absolute atomic E-state index is 12.2. The van der Waals surface area contributed by atoms with E-state index in [1.807, 2.05) is 37.3 Å². The number of ketones is 1. The molecule has 21 heavy (non-hydrogen) atoms. The minimum atomic E-state index is -0.0535. The summed E-state index contributed by atoms with van der Waals surface area (Å²) in [5.74, 6) is 0.138. The topological polar surface area (TPSA) is 35.5 Å². The lowest BCUT2D eigenvalue weighted by Crippen LogP contribution is -2.36. The summed E-state index contributed by atoms with van der Waals surface area (Å²) >= 11 is 0. The van der Waals surface area contributed by atoms with Gasteiger partial charge in [0.05, 0.1) is 12.2 Å². The molecule has 2 rings (SSSR count). The molecule has 0 amide bonds. The Bertz CT molecular complexity index is 467. The summed E-state index contributed by atoms with van der Waals surface area (Å²) in [5, 5.41) is 0. The highest BCUT2D eigenvalue weighted by Gasteiger charge is 2.26. The second-order valence-corrected chi connectivity index (χ2v) is 5.28. The van der Waals surface area contributed by atoms with E-state index in [1.54, 1.807) is 0 Å². The van der Waals surface area contributed by atoms with Crippen LogP contribution < -0.4 is 0 Å². The lowest BCUT2D eigenvalue weighted by Gasteiger charge is -2.30. The third-order valence-corrected chi connectivity index (χ3v) is 3.73. The molecule has 1 aliphatic heterocycles. The van der Waals surface area contributed by atoms with Gasteiger partial charge < -0.3 is 9.47 Å². The van der Waals surface area contributed by atoms with Gasteiger partial charge in [-0.3, -0.25) is 4.79 Å². The number of benzene rings is 1. The van der Waals surface area contributed by atoms with Gasteiger partial charge in [0, 0.05) is 18.6 Å². The van der Waals surface area contributed by atoms with Gasteiger partial charge in [0.15, 0.2) is 5.78 Å². The molecule has 114 valence electrons. The van der Waals surface area contributed by atoms with Crippen molar-refractivity contribution >= 4 is 5.78 Å². The van der Waals surface area contributed by atoms with Crippen LogP contribution in [0, 0.1) is 0 Å². The number of hydrogen-bond acceptors (Lipinski definition) is 3. The van der Waals surface area contributed by atoms with Crippen molar-refractivity contribution in [1.29, 1.82) is 0 Å². The van der Waals surface area contributed by atoms with E-state index in [9.17, 15) is 4.79 Å². The van der Waals surface area contributed by atoms with E-state index in [0.29, 0.717) is 13.0 Å². The molecule has 1 unspecified atom stereocenters. The summed E-state index contributed by atoms with van der Waals surface area (Å²) in [5.41, 5.74) is 0.754. The predicted molar refractivity (Wildman–Crippen MR) is 83.5 cm³/mol. The number of Topliss-reactive ketones (excluding diaryl/α,β-unsaturated/α-hetero) is 1. The van der Waals surface area contributed by atoms with E-state index in [1.165, 1.54) is 0 Å². The molecule has 0 bridgehead atoms. The van der Waals surface area contributed by atoms with E-state index in [2.05, 4.69) is 19.1 Å². The maximum Gasteiger partial charge on any atom is 0.165 e. The van der Waals surface area contributed by atoms with Crippen LogP contribution in [0.2, 0.25) is 0 Å². The smallest absolute Gasteiger partial charge is 0.165 e. The van der Waals surface area contributed by atoms with Crippen molar-refractivity contribution in [3.63, 3.8) is 0 Å². The molecule has 3 nitrogen and oxygen atoms in total. The zero-order valence-corrected chi connectivity index (χ0v) is 12.8. The van der Waals surface area contributed by atoms with Crippen LogP contribution in [-0.2, 0) is 9.47 Å². The molecule has 0 radical (unpaired) electrons. The molecule has 1 aliphatic rings. The normalized spacial score (nSPS) is 23.0. The van der Waals surface area contributed by atoms with Gasteiger partial charge in [-0.05, 0) is 19.8 Å². The van der Waals surface area contributed by atoms with Gasteiger partial charge >= 0.3 is 0 Å². The Labute approximate surface area is 127 Å². The highest BCUT2D eigenvalue weighted by atomic mass is 16.5. The third kappa shape index (κ3) is 4.51. The Hall–Kier alpha value is -1.45. The average Bonchev–Trinajstić information content (AvgIpc) is 2.53. The Morgan fingerprint density at radius 3 is 2.76 bits per heavy atom. The number of ether oxygens (including phenoxy) is 2. The summed E-state index contributed by atoms with van der Waals surface area (Å²) in [6, 6.07) is 9.40. The highest BCUT2D eigenvalue weighted by molar-refractivity contribution is 5.96. The van der Waals surface area contributed by atoms with E-state index in [0.717, 1.165) is 18.4 Å². The fourth-order valence-corrected chi connectivity index (χ4v) is 2.64. The molecular weight excluding hydrogens is 264 g/mol. The molecule has 0 saturated carbocycles. The number of carbonyl (C=O) groups is 1. The Kier molecular flexibility index (Phi) is 6.15. The molecule has 0 spiro atoms. The molecule has 0 N–H and O–H groups in total. The zero-order valence-electron chi connectivity index (χ0n) is 12.8. The summed E-state index contributed by atoms with van der Waals surface area (Å²) in [7, 11) is 0. The number of rotatable bonds is 7. The fourth-order valence-electron chi connectivity index (χ4n) is 2.64. The van der Waals surface area contributed by atoms with E-state index < -0.39 is 0 Å². The molecule has 1 heterocycles. The first kappa shape index (κ1) is 15.9. The van der Waals surface area contributed by atoms with Crippen LogP contribution >= 0.6 is 0 Å². The van der Waals surface area contributed by atoms with E-state index in [4.69, 9.17) is 9.47 Å². The molecular formula is C18H24O3. The van der Waals surface area contributed by atoms with Crippen molar-refractivity contribution in [2.24, 2.45) is 0 Å². The quantitative estimate of drug-likeness (QED) is 0.565. The lowest BCUT2D eigenvalue weighted by atomic mass is 10.00. The SMILES string of the molecule is CCOC(CC)[C@@H]1C=CC[C@H](CC(=O)c2ccccc2)O1. The summed E-state index contributed by atoms with van der Waals surface area (Å²) in [6.45, 7) is 4.77.